The van der Waals surface area contributed by atoms with Gasteiger partial charge in [0.15, 0.2) is 5.96 Å². The monoisotopic (exact) mass is 279 g/mol. The van der Waals surface area contributed by atoms with Crippen LogP contribution in [0.1, 0.15) is 31.2 Å². The lowest BCUT2D eigenvalue weighted by atomic mass is 10.1. The number of guanidine groups is 1. The van der Waals surface area contributed by atoms with Gasteiger partial charge >= 0.3 is 0 Å². The second kappa shape index (κ2) is 5.04. The Kier molecular flexibility index (Phi) is 3.36. The van der Waals surface area contributed by atoms with Crippen molar-refractivity contribution in [3.05, 3.63) is 35.4 Å². The van der Waals surface area contributed by atoms with Crippen LogP contribution in [0.15, 0.2) is 23.2 Å². The summed E-state index contributed by atoms with van der Waals surface area (Å²) >= 11 is 0. The van der Waals surface area contributed by atoms with Crippen LogP contribution < -0.4 is 10.6 Å². The second-order valence-corrected chi connectivity index (χ2v) is 5.76. The molecular formula is C15H19F2N3. The minimum atomic E-state index is -0.460. The average Bonchev–Trinajstić information content (AvgIpc) is 3.29. The molecule has 2 fully saturated rings. The number of halogens is 2. The van der Waals surface area contributed by atoms with E-state index in [9.17, 15) is 8.78 Å². The molecule has 4 unspecified atom stereocenters. The van der Waals surface area contributed by atoms with Gasteiger partial charge in [-0.2, -0.15) is 0 Å². The lowest BCUT2D eigenvalue weighted by molar-refractivity contribution is 0.553. The number of rotatable bonds is 3. The Hall–Kier alpha value is -1.65. The zero-order valence-electron chi connectivity index (χ0n) is 11.7. The van der Waals surface area contributed by atoms with Gasteiger partial charge in [-0.3, -0.25) is 4.99 Å². The quantitative estimate of drug-likeness (QED) is 0.658. The minimum Gasteiger partial charge on any atom is -0.353 e. The maximum Gasteiger partial charge on any atom is 0.191 e. The lowest BCUT2D eigenvalue weighted by Crippen LogP contribution is -2.40. The van der Waals surface area contributed by atoms with E-state index in [1.165, 1.54) is 18.2 Å². The smallest absolute Gasteiger partial charge is 0.191 e. The molecule has 2 saturated carbocycles. The van der Waals surface area contributed by atoms with Crippen molar-refractivity contribution in [1.82, 2.24) is 10.6 Å². The van der Waals surface area contributed by atoms with Gasteiger partial charge in [-0.15, -0.1) is 0 Å². The molecule has 4 atom stereocenters. The summed E-state index contributed by atoms with van der Waals surface area (Å²) < 4.78 is 27.4. The highest BCUT2D eigenvalue weighted by Crippen LogP contribution is 2.43. The van der Waals surface area contributed by atoms with E-state index >= 15 is 0 Å². The SMILES string of the molecule is CN=C(NC1CC1C)NC1CC1c1c(F)cccc1F. The highest BCUT2D eigenvalue weighted by Gasteiger charge is 2.43. The fourth-order valence-electron chi connectivity index (χ4n) is 2.58. The van der Waals surface area contributed by atoms with Crippen LogP contribution in [0.25, 0.3) is 0 Å². The van der Waals surface area contributed by atoms with Crippen LogP contribution in [0.5, 0.6) is 0 Å². The van der Waals surface area contributed by atoms with Gasteiger partial charge in [0.05, 0.1) is 0 Å². The summed E-state index contributed by atoms with van der Waals surface area (Å²) in [7, 11) is 1.71. The summed E-state index contributed by atoms with van der Waals surface area (Å²) in [5, 5.41) is 6.56. The molecule has 1 aromatic rings. The maximum atomic E-state index is 13.7. The highest BCUT2D eigenvalue weighted by molar-refractivity contribution is 5.81. The lowest BCUT2D eigenvalue weighted by Gasteiger charge is -2.11. The van der Waals surface area contributed by atoms with E-state index in [1.807, 2.05) is 0 Å². The fraction of sp³-hybridized carbons (Fsp3) is 0.533. The van der Waals surface area contributed by atoms with Crippen molar-refractivity contribution < 1.29 is 8.78 Å². The van der Waals surface area contributed by atoms with Crippen LogP contribution in [0.4, 0.5) is 8.78 Å². The number of nitrogens with zero attached hydrogens (tertiary/aromatic N) is 1. The van der Waals surface area contributed by atoms with Gasteiger partial charge in [0.1, 0.15) is 11.6 Å². The number of benzene rings is 1. The van der Waals surface area contributed by atoms with Crippen molar-refractivity contribution >= 4 is 5.96 Å². The first kappa shape index (κ1) is 13.3. The minimum absolute atomic E-state index is 0.0571. The van der Waals surface area contributed by atoms with Gasteiger partial charge in [-0.05, 0) is 30.9 Å². The summed E-state index contributed by atoms with van der Waals surface area (Å²) in [6.45, 7) is 2.18. The molecule has 0 aromatic heterocycles. The van der Waals surface area contributed by atoms with Crippen molar-refractivity contribution in [2.24, 2.45) is 10.9 Å². The van der Waals surface area contributed by atoms with E-state index in [1.54, 1.807) is 7.05 Å². The fourth-order valence-corrected chi connectivity index (χ4v) is 2.58. The Morgan fingerprint density at radius 2 is 1.75 bits per heavy atom. The molecule has 20 heavy (non-hydrogen) atoms. The van der Waals surface area contributed by atoms with Crippen LogP contribution in [0.2, 0.25) is 0 Å². The Balaban J connectivity index is 1.61. The summed E-state index contributed by atoms with van der Waals surface area (Å²) in [6, 6.07) is 4.55. The molecule has 0 spiro atoms. The largest absolute Gasteiger partial charge is 0.353 e. The Morgan fingerprint density at radius 1 is 1.15 bits per heavy atom. The van der Waals surface area contributed by atoms with Gasteiger partial charge in [0, 0.05) is 30.6 Å². The number of hydrogen-bond acceptors (Lipinski definition) is 1. The Labute approximate surface area is 117 Å². The molecule has 0 aliphatic heterocycles. The number of nitrogens with one attached hydrogen (secondary N) is 2. The van der Waals surface area contributed by atoms with E-state index in [-0.39, 0.29) is 17.5 Å². The molecule has 0 amide bonds. The van der Waals surface area contributed by atoms with Crippen molar-refractivity contribution in [3.8, 4) is 0 Å². The van der Waals surface area contributed by atoms with E-state index in [0.29, 0.717) is 12.0 Å². The topological polar surface area (TPSA) is 36.4 Å². The molecular weight excluding hydrogens is 260 g/mol. The Bertz CT molecular complexity index is 524. The molecule has 108 valence electrons. The first-order chi connectivity index (χ1) is 9.60. The van der Waals surface area contributed by atoms with Gasteiger partial charge in [-0.1, -0.05) is 13.0 Å². The van der Waals surface area contributed by atoms with Crippen LogP contribution >= 0.6 is 0 Å². The van der Waals surface area contributed by atoms with Crippen molar-refractivity contribution in [2.75, 3.05) is 7.05 Å². The molecule has 2 aliphatic rings. The van der Waals surface area contributed by atoms with Crippen LogP contribution in [-0.4, -0.2) is 25.1 Å². The Morgan fingerprint density at radius 3 is 2.30 bits per heavy atom. The summed E-state index contributed by atoms with van der Waals surface area (Å²) in [5.41, 5.74) is 0.195. The third-order valence-corrected chi connectivity index (χ3v) is 4.14. The van der Waals surface area contributed by atoms with Gasteiger partial charge in [-0.25, -0.2) is 8.78 Å². The molecule has 1 aromatic carbocycles. The normalized spacial score (nSPS) is 31.9. The standard InChI is InChI=1S/C15H19F2N3/c1-8-6-12(8)19-15(18-2)20-13-7-9(13)14-10(16)4-3-5-11(14)17/h3-5,8-9,12-13H,6-7H2,1-2H3,(H2,18,19,20). The average molecular weight is 279 g/mol. The van der Waals surface area contributed by atoms with Crippen molar-refractivity contribution in [3.63, 3.8) is 0 Å². The highest BCUT2D eigenvalue weighted by atomic mass is 19.1. The molecule has 0 saturated heterocycles. The molecule has 0 bridgehead atoms. The van der Waals surface area contributed by atoms with Gasteiger partial charge in [0.2, 0.25) is 0 Å². The molecule has 3 nitrogen and oxygen atoms in total. The third kappa shape index (κ3) is 2.62. The van der Waals surface area contributed by atoms with E-state index in [4.69, 9.17) is 0 Å². The summed E-state index contributed by atoms with van der Waals surface area (Å²) in [5.74, 6) is 0.374. The molecule has 0 radical (unpaired) electrons. The molecule has 5 heteroatoms. The number of hydrogen-bond donors (Lipinski definition) is 2. The van der Waals surface area contributed by atoms with Crippen molar-refractivity contribution in [2.45, 2.75) is 37.8 Å². The predicted molar refractivity (Wildman–Crippen MR) is 74.7 cm³/mol. The predicted octanol–water partition coefficient (Wildman–Crippen LogP) is 2.39. The summed E-state index contributed by atoms with van der Waals surface area (Å²) in [6.07, 6.45) is 1.88. The summed E-state index contributed by atoms with van der Waals surface area (Å²) in [4.78, 5) is 4.16. The van der Waals surface area contributed by atoms with E-state index in [2.05, 4.69) is 22.5 Å². The van der Waals surface area contributed by atoms with E-state index in [0.717, 1.165) is 18.8 Å². The first-order valence-corrected chi connectivity index (χ1v) is 7.04. The molecule has 0 heterocycles. The van der Waals surface area contributed by atoms with Crippen molar-refractivity contribution in [1.29, 1.82) is 0 Å². The van der Waals surface area contributed by atoms with Gasteiger partial charge < -0.3 is 10.6 Å². The molecule has 2 aliphatic carbocycles. The molecule has 3 rings (SSSR count). The van der Waals surface area contributed by atoms with Gasteiger partial charge in [0.25, 0.3) is 0 Å². The zero-order valence-corrected chi connectivity index (χ0v) is 11.7. The molecule has 2 N–H and O–H groups in total. The second-order valence-electron chi connectivity index (χ2n) is 5.76. The first-order valence-electron chi connectivity index (χ1n) is 7.04. The van der Waals surface area contributed by atoms with Crippen LogP contribution in [0.3, 0.4) is 0 Å². The third-order valence-electron chi connectivity index (χ3n) is 4.14. The van der Waals surface area contributed by atoms with Crippen LogP contribution in [0, 0.1) is 17.6 Å². The van der Waals surface area contributed by atoms with Crippen LogP contribution in [-0.2, 0) is 0 Å². The van der Waals surface area contributed by atoms with E-state index < -0.39 is 11.6 Å². The zero-order chi connectivity index (χ0) is 14.3. The number of aliphatic imine (C=N–C) groups is 1. The maximum absolute atomic E-state index is 13.7.